The zero-order chi connectivity index (χ0) is 16.4. The Morgan fingerprint density at radius 1 is 1.27 bits per heavy atom. The zero-order valence-electron chi connectivity index (χ0n) is 13.9. The lowest BCUT2D eigenvalue weighted by Crippen LogP contribution is -2.40. The lowest BCUT2D eigenvalue weighted by Gasteiger charge is -2.27. The van der Waals surface area contributed by atoms with Gasteiger partial charge < -0.3 is 19.1 Å². The Kier molecular flexibility index (Phi) is 5.50. The summed E-state index contributed by atoms with van der Waals surface area (Å²) in [6.07, 6.45) is 0.320. The fraction of sp³-hybridized carbons (Fsp3) is 0.647. The van der Waals surface area contributed by atoms with Crippen LogP contribution in [0.5, 0.6) is 0 Å². The van der Waals surface area contributed by atoms with Gasteiger partial charge in [0.15, 0.2) is 5.79 Å². The van der Waals surface area contributed by atoms with Crippen molar-refractivity contribution in [2.75, 3.05) is 26.1 Å². The second-order valence-corrected chi connectivity index (χ2v) is 10.4. The van der Waals surface area contributed by atoms with E-state index in [-0.39, 0.29) is 24.5 Å². The number of benzene rings is 1. The first-order valence-corrected chi connectivity index (χ1v) is 10.6. The Morgan fingerprint density at radius 2 is 1.91 bits per heavy atom. The van der Waals surface area contributed by atoms with E-state index in [9.17, 15) is 9.67 Å². The number of hydrogen-bond donors (Lipinski definition) is 1. The summed E-state index contributed by atoms with van der Waals surface area (Å²) >= 11 is 0. The molecule has 4 atom stereocenters. The number of aliphatic hydroxyl groups is 1. The molecule has 1 saturated heterocycles. The number of ether oxygens (including phenoxy) is 2. The predicted octanol–water partition coefficient (Wildman–Crippen LogP) is 3.19. The van der Waals surface area contributed by atoms with Gasteiger partial charge in [-0.25, -0.2) is 0 Å². The van der Waals surface area contributed by atoms with Gasteiger partial charge in [0, 0.05) is 12.1 Å². The molecule has 124 valence electrons. The van der Waals surface area contributed by atoms with Crippen molar-refractivity contribution in [3.05, 3.63) is 35.9 Å². The average molecular weight is 326 g/mol. The Labute approximate surface area is 133 Å². The largest absolute Gasteiger partial charge is 0.371 e. The summed E-state index contributed by atoms with van der Waals surface area (Å²) < 4.78 is 23.5. The van der Waals surface area contributed by atoms with E-state index in [1.165, 1.54) is 0 Å². The van der Waals surface area contributed by atoms with E-state index in [4.69, 9.17) is 9.47 Å². The third-order valence-electron chi connectivity index (χ3n) is 4.48. The van der Waals surface area contributed by atoms with Crippen LogP contribution in [0.1, 0.15) is 19.4 Å². The average Bonchev–Trinajstić information content (AvgIpc) is 2.63. The van der Waals surface area contributed by atoms with E-state index in [0.717, 1.165) is 5.56 Å². The molecular weight excluding hydrogens is 299 g/mol. The summed E-state index contributed by atoms with van der Waals surface area (Å²) in [5.74, 6) is -1.20. The Hall–Kier alpha value is -0.670. The molecule has 4 nitrogen and oxygen atoms in total. The molecule has 0 spiro atoms. The standard InChI is InChI=1S/C17H27O4P/c1-13-14(2)17(18,21-16(13)11-22(3,4)19)12-20-10-15-8-6-5-7-9-15/h5-9,13-14,16,18H,10-12H2,1-4H3/t13?,14?,16-,17-/m1/s1. The molecule has 0 aliphatic carbocycles. The van der Waals surface area contributed by atoms with Gasteiger partial charge in [0.2, 0.25) is 0 Å². The van der Waals surface area contributed by atoms with Crippen molar-refractivity contribution in [1.29, 1.82) is 0 Å². The van der Waals surface area contributed by atoms with Gasteiger partial charge in [-0.3, -0.25) is 0 Å². The second-order valence-electron chi connectivity index (χ2n) is 6.88. The van der Waals surface area contributed by atoms with Crippen molar-refractivity contribution in [3.63, 3.8) is 0 Å². The van der Waals surface area contributed by atoms with Gasteiger partial charge in [-0.05, 0) is 24.8 Å². The Morgan fingerprint density at radius 3 is 2.50 bits per heavy atom. The molecule has 0 bridgehead atoms. The van der Waals surface area contributed by atoms with Gasteiger partial charge in [0.25, 0.3) is 0 Å². The predicted molar refractivity (Wildman–Crippen MR) is 88.6 cm³/mol. The molecule has 0 aromatic heterocycles. The summed E-state index contributed by atoms with van der Waals surface area (Å²) in [5.41, 5.74) is 1.06. The topological polar surface area (TPSA) is 55.8 Å². The molecule has 0 radical (unpaired) electrons. The lowest BCUT2D eigenvalue weighted by molar-refractivity contribution is -0.236. The van der Waals surface area contributed by atoms with Gasteiger partial charge in [-0.2, -0.15) is 0 Å². The minimum atomic E-state index is -2.19. The third kappa shape index (κ3) is 4.42. The summed E-state index contributed by atoms with van der Waals surface area (Å²) in [7, 11) is -2.19. The first-order chi connectivity index (χ1) is 10.2. The normalized spacial score (nSPS) is 32.3. The molecule has 2 rings (SSSR count). The van der Waals surface area contributed by atoms with Crippen molar-refractivity contribution in [2.24, 2.45) is 11.8 Å². The SMILES string of the molecule is CC1C(C)[C@@](O)(COCc2ccccc2)O[C@@H]1CP(C)(C)=O. The summed E-state index contributed by atoms with van der Waals surface area (Å²) in [4.78, 5) is 0. The zero-order valence-corrected chi connectivity index (χ0v) is 14.8. The quantitative estimate of drug-likeness (QED) is 0.816. The molecule has 1 aromatic carbocycles. The summed E-state index contributed by atoms with van der Waals surface area (Å²) in [6.45, 7) is 8.10. The highest BCUT2D eigenvalue weighted by molar-refractivity contribution is 7.62. The molecule has 22 heavy (non-hydrogen) atoms. The fourth-order valence-electron chi connectivity index (χ4n) is 2.90. The smallest absolute Gasteiger partial charge is 0.192 e. The van der Waals surface area contributed by atoms with E-state index >= 15 is 0 Å². The van der Waals surface area contributed by atoms with E-state index in [2.05, 4.69) is 0 Å². The number of hydrogen-bond acceptors (Lipinski definition) is 4. The summed E-state index contributed by atoms with van der Waals surface area (Å²) in [6, 6.07) is 9.84. The van der Waals surface area contributed by atoms with Crippen molar-refractivity contribution in [1.82, 2.24) is 0 Å². The molecule has 1 N–H and O–H groups in total. The van der Waals surface area contributed by atoms with E-state index < -0.39 is 12.9 Å². The maximum Gasteiger partial charge on any atom is 0.192 e. The first kappa shape index (κ1) is 17.7. The second kappa shape index (κ2) is 6.84. The van der Waals surface area contributed by atoms with Crippen LogP contribution in [0.4, 0.5) is 0 Å². The van der Waals surface area contributed by atoms with Crippen LogP contribution in [0.3, 0.4) is 0 Å². The van der Waals surface area contributed by atoms with Crippen molar-refractivity contribution >= 4 is 7.14 Å². The maximum atomic E-state index is 12.0. The van der Waals surface area contributed by atoms with Crippen LogP contribution >= 0.6 is 7.14 Å². The molecule has 5 heteroatoms. The van der Waals surface area contributed by atoms with Crippen LogP contribution in [0.25, 0.3) is 0 Å². The van der Waals surface area contributed by atoms with Crippen molar-refractivity contribution in [3.8, 4) is 0 Å². The van der Waals surface area contributed by atoms with Gasteiger partial charge in [-0.15, -0.1) is 0 Å². The van der Waals surface area contributed by atoms with E-state index in [1.807, 2.05) is 44.2 Å². The highest BCUT2D eigenvalue weighted by Gasteiger charge is 2.50. The fourth-order valence-corrected chi connectivity index (χ4v) is 4.18. The highest BCUT2D eigenvalue weighted by Crippen LogP contribution is 2.46. The van der Waals surface area contributed by atoms with Gasteiger partial charge in [0.1, 0.15) is 6.61 Å². The van der Waals surface area contributed by atoms with E-state index in [1.54, 1.807) is 13.3 Å². The van der Waals surface area contributed by atoms with Gasteiger partial charge >= 0.3 is 0 Å². The monoisotopic (exact) mass is 326 g/mol. The molecule has 0 saturated carbocycles. The maximum absolute atomic E-state index is 12.0. The number of rotatable bonds is 6. The van der Waals surface area contributed by atoms with Crippen LogP contribution < -0.4 is 0 Å². The first-order valence-electron chi connectivity index (χ1n) is 7.77. The minimum Gasteiger partial charge on any atom is -0.371 e. The Balaban J connectivity index is 1.93. The highest BCUT2D eigenvalue weighted by atomic mass is 31.2. The third-order valence-corrected chi connectivity index (χ3v) is 5.72. The van der Waals surface area contributed by atoms with Crippen LogP contribution in [0.2, 0.25) is 0 Å². The van der Waals surface area contributed by atoms with Gasteiger partial charge in [0.05, 0.1) is 19.9 Å². The Bertz CT molecular complexity index is 527. The van der Waals surface area contributed by atoms with Crippen molar-refractivity contribution in [2.45, 2.75) is 32.3 Å². The van der Waals surface area contributed by atoms with Gasteiger partial charge in [-0.1, -0.05) is 44.2 Å². The van der Waals surface area contributed by atoms with Crippen LogP contribution in [0, 0.1) is 11.8 Å². The minimum absolute atomic E-state index is 0.0557. The molecule has 1 aromatic rings. The van der Waals surface area contributed by atoms with Crippen LogP contribution in [-0.4, -0.2) is 43.1 Å². The molecular formula is C17H27O4P. The molecule has 1 fully saturated rings. The lowest BCUT2D eigenvalue weighted by atomic mass is 9.89. The molecule has 1 aliphatic rings. The van der Waals surface area contributed by atoms with Crippen LogP contribution in [-0.2, 0) is 20.6 Å². The molecule has 1 aliphatic heterocycles. The molecule has 0 amide bonds. The van der Waals surface area contributed by atoms with Crippen LogP contribution in [0.15, 0.2) is 30.3 Å². The summed E-state index contributed by atoms with van der Waals surface area (Å²) in [5, 5.41) is 10.7. The van der Waals surface area contributed by atoms with Crippen molar-refractivity contribution < 1.29 is 19.1 Å². The molecule has 2 unspecified atom stereocenters. The van der Waals surface area contributed by atoms with E-state index in [0.29, 0.717) is 12.8 Å². The molecule has 1 heterocycles.